The highest BCUT2D eigenvalue weighted by atomic mass is 32.2. The molecule has 1 saturated heterocycles. The summed E-state index contributed by atoms with van der Waals surface area (Å²) in [6, 6.07) is 3.68. The number of sulfonamides is 1. The SMILES string of the molecule is O=C(O)C1CC(O)CN1S(=O)(=O)Cc1ccc(F)cc1. The van der Waals surface area contributed by atoms with Crippen LogP contribution in [0.5, 0.6) is 0 Å². The van der Waals surface area contributed by atoms with E-state index in [9.17, 15) is 22.7 Å². The van der Waals surface area contributed by atoms with Crippen LogP contribution in [0.25, 0.3) is 0 Å². The van der Waals surface area contributed by atoms with Gasteiger partial charge < -0.3 is 10.2 Å². The number of aliphatic hydroxyl groups is 1. The quantitative estimate of drug-likeness (QED) is 0.827. The second kappa shape index (κ2) is 5.47. The van der Waals surface area contributed by atoms with Crippen molar-refractivity contribution >= 4 is 16.0 Å². The van der Waals surface area contributed by atoms with E-state index in [2.05, 4.69) is 0 Å². The van der Waals surface area contributed by atoms with Gasteiger partial charge in [-0.3, -0.25) is 4.79 Å². The van der Waals surface area contributed by atoms with Crippen LogP contribution >= 0.6 is 0 Å². The summed E-state index contributed by atoms with van der Waals surface area (Å²) in [4.78, 5) is 11.0. The fraction of sp³-hybridized carbons (Fsp3) is 0.417. The van der Waals surface area contributed by atoms with Crippen LogP contribution in [0, 0.1) is 5.82 Å². The average Bonchev–Trinajstić information content (AvgIpc) is 2.75. The van der Waals surface area contributed by atoms with E-state index in [0.717, 1.165) is 16.4 Å². The summed E-state index contributed by atoms with van der Waals surface area (Å²) < 4.78 is 38.0. The molecule has 1 aliphatic heterocycles. The molecular weight excluding hydrogens is 289 g/mol. The van der Waals surface area contributed by atoms with Gasteiger partial charge in [0.05, 0.1) is 11.9 Å². The molecule has 20 heavy (non-hydrogen) atoms. The molecule has 0 saturated carbocycles. The van der Waals surface area contributed by atoms with Crippen molar-refractivity contribution in [2.45, 2.75) is 24.3 Å². The van der Waals surface area contributed by atoms with Gasteiger partial charge in [-0.2, -0.15) is 4.31 Å². The number of halogens is 1. The Bertz CT molecular complexity index is 601. The molecule has 110 valence electrons. The highest BCUT2D eigenvalue weighted by Crippen LogP contribution is 2.24. The molecule has 1 heterocycles. The van der Waals surface area contributed by atoms with Gasteiger partial charge in [-0.05, 0) is 17.7 Å². The van der Waals surface area contributed by atoms with Crippen LogP contribution in [0.15, 0.2) is 24.3 Å². The molecule has 0 bridgehead atoms. The fourth-order valence-corrected chi connectivity index (χ4v) is 3.93. The van der Waals surface area contributed by atoms with E-state index in [-0.39, 0.29) is 13.0 Å². The summed E-state index contributed by atoms with van der Waals surface area (Å²) in [6.07, 6.45) is -1.11. The minimum absolute atomic E-state index is 0.127. The number of hydrogen-bond donors (Lipinski definition) is 2. The zero-order chi connectivity index (χ0) is 14.9. The van der Waals surface area contributed by atoms with Gasteiger partial charge in [0.2, 0.25) is 10.0 Å². The Kier molecular flexibility index (Phi) is 4.07. The maximum Gasteiger partial charge on any atom is 0.322 e. The van der Waals surface area contributed by atoms with E-state index < -0.39 is 39.7 Å². The number of rotatable bonds is 4. The van der Waals surface area contributed by atoms with Crippen LogP contribution in [-0.2, 0) is 20.6 Å². The van der Waals surface area contributed by atoms with Gasteiger partial charge in [-0.1, -0.05) is 12.1 Å². The number of benzene rings is 1. The lowest BCUT2D eigenvalue weighted by atomic mass is 10.2. The molecular formula is C12H14FNO5S. The number of β-amino-alcohol motifs (C(OH)–C–C–N with tert-alkyl or cyclic N) is 1. The van der Waals surface area contributed by atoms with Crippen molar-refractivity contribution in [3.63, 3.8) is 0 Å². The number of aliphatic hydroxyl groups excluding tert-OH is 1. The first-order valence-electron chi connectivity index (χ1n) is 5.94. The summed E-state index contributed by atoms with van der Waals surface area (Å²) in [7, 11) is -3.88. The van der Waals surface area contributed by atoms with Crippen molar-refractivity contribution in [1.82, 2.24) is 4.31 Å². The normalized spacial score (nSPS) is 23.9. The molecule has 2 N–H and O–H groups in total. The Labute approximate surface area is 115 Å². The van der Waals surface area contributed by atoms with E-state index in [0.29, 0.717) is 5.56 Å². The van der Waals surface area contributed by atoms with Crippen LogP contribution in [0.3, 0.4) is 0 Å². The van der Waals surface area contributed by atoms with E-state index in [4.69, 9.17) is 5.11 Å². The van der Waals surface area contributed by atoms with Gasteiger partial charge in [0.15, 0.2) is 0 Å². The zero-order valence-corrected chi connectivity index (χ0v) is 11.3. The van der Waals surface area contributed by atoms with Gasteiger partial charge >= 0.3 is 5.97 Å². The largest absolute Gasteiger partial charge is 0.480 e. The topological polar surface area (TPSA) is 94.9 Å². The highest BCUT2D eigenvalue weighted by molar-refractivity contribution is 7.88. The highest BCUT2D eigenvalue weighted by Gasteiger charge is 2.42. The van der Waals surface area contributed by atoms with Crippen molar-refractivity contribution in [3.05, 3.63) is 35.6 Å². The lowest BCUT2D eigenvalue weighted by Gasteiger charge is -2.20. The Morgan fingerprint density at radius 2 is 1.95 bits per heavy atom. The summed E-state index contributed by atoms with van der Waals surface area (Å²) in [5.41, 5.74) is 0.358. The van der Waals surface area contributed by atoms with Gasteiger partial charge in [-0.25, -0.2) is 12.8 Å². The van der Waals surface area contributed by atoms with Crippen LogP contribution in [-0.4, -0.2) is 47.6 Å². The Morgan fingerprint density at radius 3 is 2.50 bits per heavy atom. The molecule has 0 spiro atoms. The minimum Gasteiger partial charge on any atom is -0.480 e. The monoisotopic (exact) mass is 303 g/mol. The molecule has 0 aliphatic carbocycles. The second-order valence-electron chi connectivity index (χ2n) is 4.70. The van der Waals surface area contributed by atoms with E-state index in [1.165, 1.54) is 12.1 Å². The van der Waals surface area contributed by atoms with Crippen molar-refractivity contribution in [2.24, 2.45) is 0 Å². The van der Waals surface area contributed by atoms with Crippen molar-refractivity contribution < 1.29 is 27.8 Å². The molecule has 2 rings (SSSR count). The molecule has 2 atom stereocenters. The maximum atomic E-state index is 12.8. The number of carboxylic acid groups (broad SMARTS) is 1. The fourth-order valence-electron chi connectivity index (χ4n) is 2.19. The Morgan fingerprint density at radius 1 is 1.35 bits per heavy atom. The van der Waals surface area contributed by atoms with Crippen molar-refractivity contribution in [2.75, 3.05) is 6.54 Å². The first-order chi connectivity index (χ1) is 9.29. The van der Waals surface area contributed by atoms with Crippen LogP contribution < -0.4 is 0 Å². The number of nitrogens with zero attached hydrogens (tertiary/aromatic N) is 1. The van der Waals surface area contributed by atoms with E-state index in [1.807, 2.05) is 0 Å². The van der Waals surface area contributed by atoms with Crippen molar-refractivity contribution in [1.29, 1.82) is 0 Å². The minimum atomic E-state index is -3.88. The standard InChI is InChI=1S/C12H14FNO5S/c13-9-3-1-8(2-4-9)7-20(18,19)14-6-10(15)5-11(14)12(16)17/h1-4,10-11,15H,5-7H2,(H,16,17). The molecule has 6 nitrogen and oxygen atoms in total. The first kappa shape index (κ1) is 14.9. The summed E-state index contributed by atoms with van der Waals surface area (Å²) in [5, 5.41) is 18.5. The van der Waals surface area contributed by atoms with Crippen LogP contribution in [0.2, 0.25) is 0 Å². The van der Waals surface area contributed by atoms with Gasteiger partial charge in [0.25, 0.3) is 0 Å². The first-order valence-corrected chi connectivity index (χ1v) is 7.55. The average molecular weight is 303 g/mol. The third-order valence-electron chi connectivity index (χ3n) is 3.14. The molecule has 8 heteroatoms. The van der Waals surface area contributed by atoms with Crippen LogP contribution in [0.4, 0.5) is 4.39 Å². The molecule has 1 fully saturated rings. The number of carbonyl (C=O) groups is 1. The molecule has 1 aliphatic rings. The molecule has 1 aromatic rings. The predicted octanol–water partition coefficient (Wildman–Crippen LogP) is 0.175. The van der Waals surface area contributed by atoms with E-state index >= 15 is 0 Å². The zero-order valence-electron chi connectivity index (χ0n) is 10.4. The van der Waals surface area contributed by atoms with E-state index in [1.54, 1.807) is 0 Å². The summed E-state index contributed by atoms with van der Waals surface area (Å²) in [5.74, 6) is -2.19. The van der Waals surface area contributed by atoms with Gasteiger partial charge in [-0.15, -0.1) is 0 Å². The lowest BCUT2D eigenvalue weighted by Crippen LogP contribution is -2.41. The summed E-state index contributed by atoms with van der Waals surface area (Å²) >= 11 is 0. The molecule has 0 aromatic heterocycles. The molecule has 0 amide bonds. The number of aliphatic carboxylic acids is 1. The van der Waals surface area contributed by atoms with Crippen molar-refractivity contribution in [3.8, 4) is 0 Å². The smallest absolute Gasteiger partial charge is 0.322 e. The maximum absolute atomic E-state index is 12.8. The number of hydrogen-bond acceptors (Lipinski definition) is 4. The third-order valence-corrected chi connectivity index (χ3v) is 4.95. The second-order valence-corrected chi connectivity index (χ2v) is 6.62. The molecule has 1 aromatic carbocycles. The predicted molar refractivity (Wildman–Crippen MR) is 67.8 cm³/mol. The Hall–Kier alpha value is -1.51. The van der Waals surface area contributed by atoms with Gasteiger partial charge in [0.1, 0.15) is 11.9 Å². The van der Waals surface area contributed by atoms with Crippen LogP contribution in [0.1, 0.15) is 12.0 Å². The number of carboxylic acids is 1. The lowest BCUT2D eigenvalue weighted by molar-refractivity contribution is -0.140. The summed E-state index contributed by atoms with van der Waals surface area (Å²) in [6.45, 7) is -0.236. The molecule has 2 unspecified atom stereocenters. The Balaban J connectivity index is 2.21. The molecule has 0 radical (unpaired) electrons. The van der Waals surface area contributed by atoms with Gasteiger partial charge in [0, 0.05) is 13.0 Å². The third kappa shape index (κ3) is 3.14.